The van der Waals surface area contributed by atoms with Crippen LogP contribution in [0.5, 0.6) is 0 Å². The number of rotatable bonds is 8. The Morgan fingerprint density at radius 1 is 1.06 bits per heavy atom. The molecule has 1 aliphatic heterocycles. The lowest BCUT2D eigenvalue weighted by Gasteiger charge is -2.32. The van der Waals surface area contributed by atoms with Crippen molar-refractivity contribution in [2.24, 2.45) is 5.92 Å². The van der Waals surface area contributed by atoms with Gasteiger partial charge in [0.1, 0.15) is 0 Å². The van der Waals surface area contributed by atoms with Crippen LogP contribution in [0, 0.1) is 5.92 Å². The first kappa shape index (κ1) is 14.9. The normalized spacial score (nSPS) is 20.6. The molecule has 1 atom stereocenters. The van der Waals surface area contributed by atoms with Crippen LogP contribution in [0.1, 0.15) is 39.0 Å². The summed E-state index contributed by atoms with van der Waals surface area (Å²) in [5, 5.41) is 8.94. The summed E-state index contributed by atoms with van der Waals surface area (Å²) >= 11 is 0. The fourth-order valence-electron chi connectivity index (χ4n) is 2.58. The van der Waals surface area contributed by atoms with Crippen LogP contribution in [0.3, 0.4) is 0 Å². The minimum Gasteiger partial charge on any atom is -0.396 e. The SMILES string of the molecule is CC[C@H](CCO)CCCCN1CCN(C)CC1. The molecule has 1 heterocycles. The molecular weight excluding hydrogens is 212 g/mol. The summed E-state index contributed by atoms with van der Waals surface area (Å²) in [4.78, 5) is 5.00. The van der Waals surface area contributed by atoms with E-state index in [2.05, 4.69) is 23.8 Å². The van der Waals surface area contributed by atoms with E-state index in [1.807, 2.05) is 0 Å². The van der Waals surface area contributed by atoms with E-state index in [0.29, 0.717) is 6.61 Å². The van der Waals surface area contributed by atoms with Crippen molar-refractivity contribution < 1.29 is 5.11 Å². The van der Waals surface area contributed by atoms with Crippen molar-refractivity contribution in [2.75, 3.05) is 46.4 Å². The highest BCUT2D eigenvalue weighted by Crippen LogP contribution is 2.16. The first-order valence-corrected chi connectivity index (χ1v) is 7.28. The summed E-state index contributed by atoms with van der Waals surface area (Å²) < 4.78 is 0. The van der Waals surface area contributed by atoms with Gasteiger partial charge in [-0.2, -0.15) is 0 Å². The number of aliphatic hydroxyl groups excluding tert-OH is 1. The van der Waals surface area contributed by atoms with Crippen molar-refractivity contribution in [3.05, 3.63) is 0 Å². The maximum Gasteiger partial charge on any atom is 0.0433 e. The van der Waals surface area contributed by atoms with E-state index in [4.69, 9.17) is 5.11 Å². The third-order valence-corrected chi connectivity index (χ3v) is 4.05. The Balaban J connectivity index is 1.99. The second-order valence-corrected chi connectivity index (χ2v) is 5.43. The summed E-state index contributed by atoms with van der Waals surface area (Å²) in [6.07, 6.45) is 6.15. The third kappa shape index (κ3) is 6.39. The Hall–Kier alpha value is -0.120. The van der Waals surface area contributed by atoms with Gasteiger partial charge in [-0.1, -0.05) is 26.2 Å². The summed E-state index contributed by atoms with van der Waals surface area (Å²) in [5.41, 5.74) is 0. The number of aliphatic hydroxyl groups is 1. The lowest BCUT2D eigenvalue weighted by atomic mass is 9.96. The van der Waals surface area contributed by atoms with E-state index in [9.17, 15) is 0 Å². The molecule has 3 heteroatoms. The van der Waals surface area contributed by atoms with Crippen molar-refractivity contribution in [1.29, 1.82) is 0 Å². The molecule has 0 spiro atoms. The van der Waals surface area contributed by atoms with Crippen LogP contribution in [-0.2, 0) is 0 Å². The van der Waals surface area contributed by atoms with Gasteiger partial charge in [0, 0.05) is 32.8 Å². The number of likely N-dealkylation sites (N-methyl/N-ethyl adjacent to an activating group) is 1. The van der Waals surface area contributed by atoms with Gasteiger partial charge >= 0.3 is 0 Å². The average Bonchev–Trinajstić information content (AvgIpc) is 2.35. The second-order valence-electron chi connectivity index (χ2n) is 5.43. The van der Waals surface area contributed by atoms with Crippen LogP contribution in [0.4, 0.5) is 0 Å². The molecule has 1 N–H and O–H groups in total. The van der Waals surface area contributed by atoms with Crippen LogP contribution in [-0.4, -0.2) is 61.3 Å². The average molecular weight is 242 g/mol. The highest BCUT2D eigenvalue weighted by Gasteiger charge is 2.13. The van der Waals surface area contributed by atoms with Gasteiger partial charge in [0.15, 0.2) is 0 Å². The zero-order chi connectivity index (χ0) is 12.5. The molecule has 102 valence electrons. The topological polar surface area (TPSA) is 26.7 Å². The predicted molar refractivity (Wildman–Crippen MR) is 73.3 cm³/mol. The van der Waals surface area contributed by atoms with Gasteiger partial charge in [-0.25, -0.2) is 0 Å². The molecule has 0 unspecified atom stereocenters. The maximum atomic E-state index is 8.94. The van der Waals surface area contributed by atoms with Gasteiger partial charge < -0.3 is 14.9 Å². The minimum absolute atomic E-state index is 0.358. The molecule has 1 fully saturated rings. The van der Waals surface area contributed by atoms with Gasteiger partial charge in [0.2, 0.25) is 0 Å². The Morgan fingerprint density at radius 3 is 2.35 bits per heavy atom. The smallest absolute Gasteiger partial charge is 0.0433 e. The van der Waals surface area contributed by atoms with Crippen LogP contribution in [0.2, 0.25) is 0 Å². The molecule has 1 saturated heterocycles. The highest BCUT2D eigenvalue weighted by molar-refractivity contribution is 4.69. The van der Waals surface area contributed by atoms with Gasteiger partial charge in [-0.15, -0.1) is 0 Å². The Kier molecular flexibility index (Phi) is 7.82. The summed E-state index contributed by atoms with van der Waals surface area (Å²) in [7, 11) is 2.21. The van der Waals surface area contributed by atoms with E-state index >= 15 is 0 Å². The van der Waals surface area contributed by atoms with Crippen molar-refractivity contribution in [2.45, 2.75) is 39.0 Å². The monoisotopic (exact) mass is 242 g/mol. The largest absolute Gasteiger partial charge is 0.396 e. The molecule has 3 nitrogen and oxygen atoms in total. The van der Waals surface area contributed by atoms with Gasteiger partial charge in [-0.05, 0) is 32.4 Å². The van der Waals surface area contributed by atoms with Crippen molar-refractivity contribution in [3.8, 4) is 0 Å². The van der Waals surface area contributed by atoms with E-state index < -0.39 is 0 Å². The highest BCUT2D eigenvalue weighted by atomic mass is 16.3. The van der Waals surface area contributed by atoms with Gasteiger partial charge in [0.25, 0.3) is 0 Å². The van der Waals surface area contributed by atoms with Gasteiger partial charge in [-0.3, -0.25) is 0 Å². The molecule has 0 aromatic heterocycles. The molecular formula is C14H30N2O. The number of hydrogen-bond acceptors (Lipinski definition) is 3. The number of hydrogen-bond donors (Lipinski definition) is 1. The lowest BCUT2D eigenvalue weighted by Crippen LogP contribution is -2.44. The molecule has 0 aromatic rings. The van der Waals surface area contributed by atoms with E-state index in [0.717, 1.165) is 12.3 Å². The summed E-state index contributed by atoms with van der Waals surface area (Å²) in [6, 6.07) is 0. The van der Waals surface area contributed by atoms with Crippen LogP contribution in [0.25, 0.3) is 0 Å². The molecule has 0 saturated carbocycles. The fourth-order valence-corrected chi connectivity index (χ4v) is 2.58. The molecule has 0 bridgehead atoms. The summed E-state index contributed by atoms with van der Waals surface area (Å²) in [6.45, 7) is 8.79. The van der Waals surface area contributed by atoms with Gasteiger partial charge in [0.05, 0.1) is 0 Å². The Bertz CT molecular complexity index is 179. The Labute approximate surface area is 107 Å². The van der Waals surface area contributed by atoms with Crippen LogP contribution < -0.4 is 0 Å². The molecule has 1 aliphatic rings. The number of nitrogens with zero attached hydrogens (tertiary/aromatic N) is 2. The Morgan fingerprint density at radius 2 is 1.76 bits per heavy atom. The van der Waals surface area contributed by atoms with Crippen molar-refractivity contribution >= 4 is 0 Å². The second kappa shape index (κ2) is 8.90. The molecule has 0 aromatic carbocycles. The van der Waals surface area contributed by atoms with Crippen molar-refractivity contribution in [1.82, 2.24) is 9.80 Å². The first-order chi connectivity index (χ1) is 8.26. The number of unbranched alkanes of at least 4 members (excludes halogenated alkanes) is 1. The first-order valence-electron chi connectivity index (χ1n) is 7.28. The zero-order valence-corrected chi connectivity index (χ0v) is 11.7. The quantitative estimate of drug-likeness (QED) is 0.658. The fraction of sp³-hybridized carbons (Fsp3) is 1.00. The zero-order valence-electron chi connectivity index (χ0n) is 11.7. The lowest BCUT2D eigenvalue weighted by molar-refractivity contribution is 0.151. The third-order valence-electron chi connectivity index (χ3n) is 4.05. The number of piperazine rings is 1. The van der Waals surface area contributed by atoms with E-state index in [1.165, 1.54) is 58.4 Å². The molecule has 0 radical (unpaired) electrons. The standard InChI is InChI=1S/C14H30N2O/c1-3-14(7-13-17)6-4-5-8-16-11-9-15(2)10-12-16/h14,17H,3-13H2,1-2H3/t14-/m0/s1. The molecule has 0 aliphatic carbocycles. The predicted octanol–water partition coefficient (Wildman–Crippen LogP) is 1.81. The van der Waals surface area contributed by atoms with E-state index in [-0.39, 0.29) is 0 Å². The molecule has 0 amide bonds. The summed E-state index contributed by atoms with van der Waals surface area (Å²) in [5.74, 6) is 0.743. The van der Waals surface area contributed by atoms with E-state index in [1.54, 1.807) is 0 Å². The molecule has 17 heavy (non-hydrogen) atoms. The van der Waals surface area contributed by atoms with Crippen LogP contribution >= 0.6 is 0 Å². The molecule has 1 rings (SSSR count). The van der Waals surface area contributed by atoms with Crippen LogP contribution in [0.15, 0.2) is 0 Å². The maximum absolute atomic E-state index is 8.94. The minimum atomic E-state index is 0.358. The van der Waals surface area contributed by atoms with Crippen molar-refractivity contribution in [3.63, 3.8) is 0 Å².